The molecule has 1 amide bonds. The second kappa shape index (κ2) is 4.88. The number of halogens is 1. The summed E-state index contributed by atoms with van der Waals surface area (Å²) in [5.41, 5.74) is 3.49. The Labute approximate surface area is 122 Å². The fraction of sp³-hybridized carbons (Fsp3) is 0.235. The van der Waals surface area contributed by atoms with Crippen molar-refractivity contribution in [2.45, 2.75) is 26.2 Å². The minimum absolute atomic E-state index is 0.0986. The number of carbonyl (C=O) groups excluding carboxylic acids is 1. The number of rotatable bonds is 1. The highest BCUT2D eigenvalue weighted by molar-refractivity contribution is 5.95. The summed E-state index contributed by atoms with van der Waals surface area (Å²) in [6.45, 7) is 3.47. The van der Waals surface area contributed by atoms with Gasteiger partial charge >= 0.3 is 0 Å². The average Bonchev–Trinajstić information content (AvgIpc) is 2.44. The molecule has 0 aromatic heterocycles. The molecule has 4 heteroatoms. The number of aryl methyl sites for hydroxylation is 1. The van der Waals surface area contributed by atoms with Crippen LogP contribution >= 0.6 is 0 Å². The second-order valence-corrected chi connectivity index (χ2v) is 5.49. The van der Waals surface area contributed by atoms with Crippen molar-refractivity contribution in [3.05, 3.63) is 58.4 Å². The predicted octanol–water partition coefficient (Wildman–Crippen LogP) is 3.62. The maximum atomic E-state index is 14.1. The lowest BCUT2D eigenvalue weighted by Gasteiger charge is -2.27. The topological polar surface area (TPSA) is 49.3 Å². The Morgan fingerprint density at radius 3 is 2.67 bits per heavy atom. The van der Waals surface area contributed by atoms with Gasteiger partial charge in [0.15, 0.2) is 0 Å². The van der Waals surface area contributed by atoms with Crippen LogP contribution < -0.4 is 5.32 Å². The lowest BCUT2D eigenvalue weighted by atomic mass is 9.82. The van der Waals surface area contributed by atoms with Gasteiger partial charge in [-0.25, -0.2) is 4.39 Å². The fourth-order valence-electron chi connectivity index (χ4n) is 2.94. The van der Waals surface area contributed by atoms with Crippen molar-refractivity contribution in [2.75, 3.05) is 5.32 Å². The van der Waals surface area contributed by atoms with Gasteiger partial charge in [-0.3, -0.25) is 4.79 Å². The third-order valence-corrected chi connectivity index (χ3v) is 4.07. The number of fused-ring (bicyclic) bond motifs is 1. The zero-order chi connectivity index (χ0) is 15.1. The molecule has 3 rings (SSSR count). The van der Waals surface area contributed by atoms with E-state index in [9.17, 15) is 14.3 Å². The lowest BCUT2D eigenvalue weighted by molar-refractivity contribution is -0.116. The summed E-state index contributed by atoms with van der Waals surface area (Å²) in [4.78, 5) is 11.9. The molecule has 3 nitrogen and oxygen atoms in total. The summed E-state index contributed by atoms with van der Waals surface area (Å²) in [5, 5.41) is 12.3. The van der Waals surface area contributed by atoms with Gasteiger partial charge in [0.1, 0.15) is 11.6 Å². The first-order valence-corrected chi connectivity index (χ1v) is 6.85. The molecule has 0 unspecified atom stereocenters. The molecule has 0 bridgehead atoms. The number of hydrogen-bond donors (Lipinski definition) is 2. The van der Waals surface area contributed by atoms with Crippen LogP contribution in [-0.2, 0) is 4.79 Å². The summed E-state index contributed by atoms with van der Waals surface area (Å²) in [5.74, 6) is -0.441. The minimum Gasteiger partial charge on any atom is -0.508 e. The molecule has 0 spiro atoms. The molecular formula is C17H16FNO2. The largest absolute Gasteiger partial charge is 0.508 e. The maximum absolute atomic E-state index is 14.1. The van der Waals surface area contributed by atoms with Crippen LogP contribution in [0.15, 0.2) is 30.3 Å². The molecule has 2 N–H and O–H groups in total. The number of carbonyl (C=O) groups is 1. The van der Waals surface area contributed by atoms with Crippen molar-refractivity contribution in [3.8, 4) is 5.75 Å². The quantitative estimate of drug-likeness (QED) is 0.840. The molecule has 0 saturated carbocycles. The molecule has 1 aliphatic rings. The van der Waals surface area contributed by atoms with Gasteiger partial charge in [0, 0.05) is 24.1 Å². The maximum Gasteiger partial charge on any atom is 0.225 e. The zero-order valence-electron chi connectivity index (χ0n) is 11.9. The van der Waals surface area contributed by atoms with E-state index in [1.807, 2.05) is 6.07 Å². The van der Waals surface area contributed by atoms with E-state index in [1.54, 1.807) is 32.0 Å². The average molecular weight is 285 g/mol. The normalized spacial score (nSPS) is 17.3. The molecule has 0 radical (unpaired) electrons. The summed E-state index contributed by atoms with van der Waals surface area (Å²) in [7, 11) is 0. The smallest absolute Gasteiger partial charge is 0.225 e. The summed E-state index contributed by atoms with van der Waals surface area (Å²) in [6, 6.07) is 8.52. The molecule has 0 fully saturated rings. The van der Waals surface area contributed by atoms with Crippen LogP contribution in [0, 0.1) is 19.7 Å². The second-order valence-electron chi connectivity index (χ2n) is 5.49. The standard InChI is InChI=1S/C17H16FNO2/c1-9-3-5-12(10(2)17(9)18)14-8-16(21)19-15-7-11(20)4-6-13(14)15/h3-7,14,20H,8H2,1-2H3,(H,19,21)/t14-/m0/s1. The van der Waals surface area contributed by atoms with Crippen molar-refractivity contribution >= 4 is 11.6 Å². The summed E-state index contributed by atoms with van der Waals surface area (Å²) in [6.07, 6.45) is 0.279. The molecule has 1 atom stereocenters. The number of phenols is 1. The third kappa shape index (κ3) is 2.27. The van der Waals surface area contributed by atoms with Crippen molar-refractivity contribution in [1.29, 1.82) is 0 Å². The van der Waals surface area contributed by atoms with Crippen LogP contribution in [0.25, 0.3) is 0 Å². The first-order valence-electron chi connectivity index (χ1n) is 6.85. The Hall–Kier alpha value is -2.36. The molecule has 108 valence electrons. The molecule has 0 aliphatic carbocycles. The van der Waals surface area contributed by atoms with Crippen LogP contribution in [0.5, 0.6) is 5.75 Å². The Bertz CT molecular complexity index is 740. The van der Waals surface area contributed by atoms with Crippen LogP contribution in [0.2, 0.25) is 0 Å². The number of anilines is 1. The highest BCUT2D eigenvalue weighted by atomic mass is 19.1. The number of aromatic hydroxyl groups is 1. The van der Waals surface area contributed by atoms with E-state index in [4.69, 9.17) is 0 Å². The Kier molecular flexibility index (Phi) is 3.16. The van der Waals surface area contributed by atoms with Gasteiger partial charge < -0.3 is 10.4 Å². The first-order chi connectivity index (χ1) is 9.97. The molecule has 1 heterocycles. The number of benzene rings is 2. The predicted molar refractivity (Wildman–Crippen MR) is 79.1 cm³/mol. The van der Waals surface area contributed by atoms with E-state index in [-0.39, 0.29) is 29.8 Å². The van der Waals surface area contributed by atoms with Crippen LogP contribution in [0.4, 0.5) is 10.1 Å². The van der Waals surface area contributed by atoms with E-state index in [0.717, 1.165) is 11.1 Å². The molecular weight excluding hydrogens is 269 g/mol. The van der Waals surface area contributed by atoms with E-state index in [2.05, 4.69) is 5.32 Å². The highest BCUT2D eigenvalue weighted by Crippen LogP contribution is 2.40. The minimum atomic E-state index is -0.223. The van der Waals surface area contributed by atoms with Gasteiger partial charge in [-0.15, -0.1) is 0 Å². The Morgan fingerprint density at radius 2 is 1.90 bits per heavy atom. The fourth-order valence-corrected chi connectivity index (χ4v) is 2.94. The van der Waals surface area contributed by atoms with Crippen LogP contribution in [-0.4, -0.2) is 11.0 Å². The number of nitrogens with one attached hydrogen (secondary N) is 1. The number of phenolic OH excluding ortho intramolecular Hbond substituents is 1. The van der Waals surface area contributed by atoms with E-state index in [1.165, 1.54) is 6.07 Å². The first kappa shape index (κ1) is 13.6. The van der Waals surface area contributed by atoms with Crippen molar-refractivity contribution < 1.29 is 14.3 Å². The SMILES string of the molecule is Cc1ccc([C@@H]2CC(=O)Nc3cc(O)ccc32)c(C)c1F. The number of amides is 1. The monoisotopic (exact) mass is 285 g/mol. The van der Waals surface area contributed by atoms with Gasteiger partial charge in [0.2, 0.25) is 5.91 Å². The highest BCUT2D eigenvalue weighted by Gasteiger charge is 2.28. The van der Waals surface area contributed by atoms with Crippen molar-refractivity contribution in [3.63, 3.8) is 0 Å². The molecule has 21 heavy (non-hydrogen) atoms. The van der Waals surface area contributed by atoms with Gasteiger partial charge in [-0.1, -0.05) is 18.2 Å². The van der Waals surface area contributed by atoms with Gasteiger partial charge in [-0.2, -0.15) is 0 Å². The Morgan fingerprint density at radius 1 is 1.19 bits per heavy atom. The van der Waals surface area contributed by atoms with Gasteiger partial charge in [-0.05, 0) is 42.2 Å². The van der Waals surface area contributed by atoms with E-state index >= 15 is 0 Å². The van der Waals surface area contributed by atoms with E-state index < -0.39 is 0 Å². The summed E-state index contributed by atoms with van der Waals surface area (Å²) < 4.78 is 14.1. The van der Waals surface area contributed by atoms with Crippen LogP contribution in [0.1, 0.15) is 34.6 Å². The van der Waals surface area contributed by atoms with Crippen molar-refractivity contribution in [1.82, 2.24) is 0 Å². The van der Waals surface area contributed by atoms with E-state index in [0.29, 0.717) is 16.8 Å². The molecule has 0 saturated heterocycles. The third-order valence-electron chi connectivity index (χ3n) is 4.07. The number of hydrogen-bond acceptors (Lipinski definition) is 2. The molecule has 1 aliphatic heterocycles. The zero-order valence-corrected chi connectivity index (χ0v) is 11.9. The Balaban J connectivity index is 2.16. The van der Waals surface area contributed by atoms with Crippen molar-refractivity contribution in [2.24, 2.45) is 0 Å². The summed E-state index contributed by atoms with van der Waals surface area (Å²) >= 11 is 0. The molecule has 2 aromatic rings. The van der Waals surface area contributed by atoms with Gasteiger partial charge in [0.25, 0.3) is 0 Å². The lowest BCUT2D eigenvalue weighted by Crippen LogP contribution is -2.24. The van der Waals surface area contributed by atoms with Gasteiger partial charge in [0.05, 0.1) is 0 Å². The molecule has 2 aromatic carbocycles. The van der Waals surface area contributed by atoms with Crippen LogP contribution in [0.3, 0.4) is 0 Å².